The van der Waals surface area contributed by atoms with Crippen LogP contribution in [0.4, 0.5) is 5.69 Å². The zero-order valence-electron chi connectivity index (χ0n) is 14.4. The Morgan fingerprint density at radius 2 is 1.95 bits per heavy atom. The van der Waals surface area contributed by atoms with Crippen molar-refractivity contribution in [1.29, 1.82) is 0 Å². The van der Waals surface area contributed by atoms with Gasteiger partial charge in [-0.1, -0.05) is 33.3 Å². The van der Waals surface area contributed by atoms with E-state index in [4.69, 9.17) is 4.74 Å². The van der Waals surface area contributed by atoms with Crippen LogP contribution in [-0.2, 0) is 0 Å². The van der Waals surface area contributed by atoms with Crippen molar-refractivity contribution in [2.75, 3.05) is 32.6 Å². The summed E-state index contributed by atoms with van der Waals surface area (Å²) in [6.07, 6.45) is 3.61. The van der Waals surface area contributed by atoms with Gasteiger partial charge in [0.1, 0.15) is 12.4 Å². The molecule has 0 radical (unpaired) electrons. The van der Waals surface area contributed by atoms with Crippen molar-refractivity contribution in [3.05, 3.63) is 24.3 Å². The second-order valence-corrected chi connectivity index (χ2v) is 6.18. The normalized spacial score (nSPS) is 14.0. The van der Waals surface area contributed by atoms with Crippen LogP contribution in [0, 0.1) is 5.92 Å². The van der Waals surface area contributed by atoms with Gasteiger partial charge >= 0.3 is 0 Å². The first kappa shape index (κ1) is 17.8. The van der Waals surface area contributed by atoms with Crippen molar-refractivity contribution >= 4 is 5.69 Å². The van der Waals surface area contributed by atoms with E-state index >= 15 is 0 Å². The molecule has 3 heteroatoms. The van der Waals surface area contributed by atoms with Gasteiger partial charge in [0, 0.05) is 24.3 Å². The van der Waals surface area contributed by atoms with Crippen LogP contribution in [0.1, 0.15) is 40.0 Å². The second-order valence-electron chi connectivity index (χ2n) is 6.18. The fourth-order valence-corrected chi connectivity index (χ4v) is 2.24. The molecule has 0 aliphatic heterocycles. The average molecular weight is 292 g/mol. The van der Waals surface area contributed by atoms with E-state index in [1.165, 1.54) is 12.8 Å². The number of hydrogen-bond acceptors (Lipinski definition) is 3. The third-order valence-electron chi connectivity index (χ3n) is 3.89. The third-order valence-corrected chi connectivity index (χ3v) is 3.89. The van der Waals surface area contributed by atoms with E-state index in [2.05, 4.69) is 63.3 Å². The monoisotopic (exact) mass is 292 g/mol. The molecule has 0 aromatic heterocycles. The molecule has 21 heavy (non-hydrogen) atoms. The summed E-state index contributed by atoms with van der Waals surface area (Å²) in [4.78, 5) is 2.13. The number of hydrogen-bond donors (Lipinski definition) is 1. The van der Waals surface area contributed by atoms with Gasteiger partial charge in [0.25, 0.3) is 0 Å². The largest absolute Gasteiger partial charge is 0.492 e. The summed E-state index contributed by atoms with van der Waals surface area (Å²) >= 11 is 0. The summed E-state index contributed by atoms with van der Waals surface area (Å²) in [6.45, 7) is 8.49. The van der Waals surface area contributed by atoms with Gasteiger partial charge in [-0.3, -0.25) is 0 Å². The molecule has 0 heterocycles. The van der Waals surface area contributed by atoms with Crippen LogP contribution in [-0.4, -0.2) is 38.2 Å². The highest BCUT2D eigenvalue weighted by molar-refractivity contribution is 5.48. The maximum absolute atomic E-state index is 5.79. The molecular weight excluding hydrogens is 260 g/mol. The summed E-state index contributed by atoms with van der Waals surface area (Å²) in [6, 6.07) is 8.85. The lowest BCUT2D eigenvalue weighted by molar-refractivity contribution is 0.261. The molecule has 120 valence electrons. The van der Waals surface area contributed by atoms with E-state index in [0.29, 0.717) is 6.04 Å². The highest BCUT2D eigenvalue weighted by Crippen LogP contribution is 2.21. The number of likely N-dealkylation sites (N-methyl/N-ethyl adjacent to an activating group) is 1. The van der Waals surface area contributed by atoms with Crippen molar-refractivity contribution in [3.63, 3.8) is 0 Å². The molecule has 0 aliphatic carbocycles. The van der Waals surface area contributed by atoms with Gasteiger partial charge in [-0.15, -0.1) is 0 Å². The Balaban J connectivity index is 2.54. The number of rotatable bonds is 10. The Morgan fingerprint density at radius 1 is 1.19 bits per heavy atom. The lowest BCUT2D eigenvalue weighted by Crippen LogP contribution is -2.21. The van der Waals surface area contributed by atoms with E-state index in [9.17, 15) is 0 Å². The zero-order chi connectivity index (χ0) is 15.7. The van der Waals surface area contributed by atoms with E-state index in [1.54, 1.807) is 0 Å². The van der Waals surface area contributed by atoms with Gasteiger partial charge in [-0.05, 0) is 45.0 Å². The first-order chi connectivity index (χ1) is 10.0. The predicted molar refractivity (Wildman–Crippen MR) is 92.3 cm³/mol. The highest BCUT2D eigenvalue weighted by Gasteiger charge is 2.10. The van der Waals surface area contributed by atoms with Crippen molar-refractivity contribution in [1.82, 2.24) is 4.90 Å². The lowest BCUT2D eigenvalue weighted by atomic mass is 9.97. The van der Waals surface area contributed by atoms with Gasteiger partial charge in [-0.2, -0.15) is 0 Å². The summed E-state index contributed by atoms with van der Waals surface area (Å²) in [5.74, 6) is 1.71. The summed E-state index contributed by atoms with van der Waals surface area (Å²) in [5.41, 5.74) is 1.16. The Morgan fingerprint density at radius 3 is 2.57 bits per heavy atom. The fraction of sp³-hybridized carbons (Fsp3) is 0.667. The molecule has 0 aliphatic rings. The number of ether oxygens (including phenoxy) is 1. The van der Waals surface area contributed by atoms with Crippen LogP contribution in [0.5, 0.6) is 5.75 Å². The maximum Gasteiger partial charge on any atom is 0.121 e. The topological polar surface area (TPSA) is 24.5 Å². The smallest absolute Gasteiger partial charge is 0.121 e. The molecule has 0 saturated carbocycles. The summed E-state index contributed by atoms with van der Waals surface area (Å²) in [7, 11) is 4.12. The first-order valence-electron chi connectivity index (χ1n) is 8.19. The van der Waals surface area contributed by atoms with Gasteiger partial charge in [0.05, 0.1) is 0 Å². The maximum atomic E-state index is 5.79. The van der Waals surface area contributed by atoms with Crippen molar-refractivity contribution in [2.45, 2.75) is 46.1 Å². The lowest BCUT2D eigenvalue weighted by Gasteiger charge is -2.22. The number of nitrogens with zero attached hydrogens (tertiary/aromatic N) is 1. The molecule has 3 nitrogen and oxygen atoms in total. The minimum absolute atomic E-state index is 0.539. The van der Waals surface area contributed by atoms with Gasteiger partial charge < -0.3 is 15.0 Å². The second kappa shape index (κ2) is 9.67. The van der Waals surface area contributed by atoms with Crippen LogP contribution in [0.25, 0.3) is 0 Å². The van der Waals surface area contributed by atoms with Crippen LogP contribution in [0.15, 0.2) is 24.3 Å². The molecule has 0 fully saturated rings. The number of anilines is 1. The standard InChI is InChI=1S/C18H32N2O/c1-6-15(3)13-16(7-2)19-17-9-8-10-18(14-17)21-12-11-20(4)5/h8-10,14-16,19H,6-7,11-13H2,1-5H3. The third kappa shape index (κ3) is 7.37. The molecule has 2 unspecified atom stereocenters. The van der Waals surface area contributed by atoms with Crippen molar-refractivity contribution in [3.8, 4) is 5.75 Å². The molecule has 1 N–H and O–H groups in total. The minimum Gasteiger partial charge on any atom is -0.492 e. The zero-order valence-corrected chi connectivity index (χ0v) is 14.4. The Bertz CT molecular complexity index is 393. The fourth-order valence-electron chi connectivity index (χ4n) is 2.24. The Hall–Kier alpha value is -1.22. The molecule has 0 saturated heterocycles. The minimum atomic E-state index is 0.539. The quantitative estimate of drug-likeness (QED) is 0.697. The van der Waals surface area contributed by atoms with Gasteiger partial charge in [-0.25, -0.2) is 0 Å². The van der Waals surface area contributed by atoms with Crippen molar-refractivity contribution in [2.24, 2.45) is 5.92 Å². The van der Waals surface area contributed by atoms with Gasteiger partial charge in [0.15, 0.2) is 0 Å². The molecular formula is C18H32N2O. The van der Waals surface area contributed by atoms with Crippen molar-refractivity contribution < 1.29 is 4.74 Å². The SMILES string of the molecule is CCC(C)CC(CC)Nc1cccc(OCCN(C)C)c1. The van der Waals surface area contributed by atoms with Crippen LogP contribution < -0.4 is 10.1 Å². The number of nitrogens with one attached hydrogen (secondary N) is 1. The van der Waals surface area contributed by atoms with Crippen LogP contribution in [0.3, 0.4) is 0 Å². The predicted octanol–water partition coefficient (Wildman–Crippen LogP) is 4.25. The molecule has 1 aromatic rings. The molecule has 1 rings (SSSR count). The molecule has 1 aromatic carbocycles. The molecule has 0 spiro atoms. The molecule has 0 bridgehead atoms. The summed E-state index contributed by atoms with van der Waals surface area (Å²) < 4.78 is 5.79. The van der Waals surface area contributed by atoms with E-state index in [1.807, 2.05) is 6.07 Å². The Labute approximate surface area is 130 Å². The average Bonchev–Trinajstić information content (AvgIpc) is 2.46. The van der Waals surface area contributed by atoms with E-state index < -0.39 is 0 Å². The van der Waals surface area contributed by atoms with E-state index in [0.717, 1.165) is 36.9 Å². The summed E-state index contributed by atoms with van der Waals surface area (Å²) in [5, 5.41) is 3.64. The molecule has 2 atom stereocenters. The Kier molecular flexibility index (Phi) is 8.21. The number of benzene rings is 1. The van der Waals surface area contributed by atoms with Crippen LogP contribution in [0.2, 0.25) is 0 Å². The highest BCUT2D eigenvalue weighted by atomic mass is 16.5. The van der Waals surface area contributed by atoms with Gasteiger partial charge in [0.2, 0.25) is 0 Å². The van der Waals surface area contributed by atoms with E-state index in [-0.39, 0.29) is 0 Å². The molecule has 0 amide bonds. The first-order valence-corrected chi connectivity index (χ1v) is 8.19. The van der Waals surface area contributed by atoms with Crippen LogP contribution >= 0.6 is 0 Å².